The monoisotopic (exact) mass is 732 g/mol. The maximum absolute atomic E-state index is 14.4. The van der Waals surface area contributed by atoms with Crippen LogP contribution in [-0.2, 0) is 9.59 Å². The molecule has 8 heterocycles. The fourth-order valence-corrected chi connectivity index (χ4v) is 11.8. The van der Waals surface area contributed by atoms with Crippen molar-refractivity contribution in [2.75, 3.05) is 13.1 Å². The summed E-state index contributed by atoms with van der Waals surface area (Å²) in [5.41, 5.74) is 2.15. The molecule has 0 atom stereocenters. The molecule has 0 radical (unpaired) electrons. The first-order chi connectivity index (χ1) is 23.6. The lowest BCUT2D eigenvalue weighted by Gasteiger charge is -2.21. The highest BCUT2D eigenvalue weighted by molar-refractivity contribution is 7.27. The van der Waals surface area contributed by atoms with Crippen LogP contribution in [0.1, 0.15) is 23.6 Å². The molecule has 2 aliphatic rings. The van der Waals surface area contributed by atoms with E-state index in [4.69, 9.17) is 0 Å². The third kappa shape index (κ3) is 5.36. The molecule has 10 heteroatoms. The van der Waals surface area contributed by atoms with Crippen molar-refractivity contribution >= 4 is 91.2 Å². The molecule has 4 nitrogen and oxygen atoms in total. The van der Waals surface area contributed by atoms with Crippen LogP contribution in [0.3, 0.4) is 0 Å². The van der Waals surface area contributed by atoms with Crippen molar-refractivity contribution in [3.05, 3.63) is 104 Å². The zero-order valence-corrected chi connectivity index (χ0v) is 30.6. The van der Waals surface area contributed by atoms with E-state index in [-0.39, 0.29) is 24.9 Å². The average Bonchev–Trinajstić information content (AvgIpc) is 3.93. The Kier molecular flexibility index (Phi) is 8.39. The predicted octanol–water partition coefficient (Wildman–Crippen LogP) is 10.6. The maximum Gasteiger partial charge on any atom is 0.262 e. The molecular weight excluding hydrogens is 709 g/mol. The third-order valence-corrected chi connectivity index (χ3v) is 14.8. The Morgan fingerprint density at radius 1 is 0.479 bits per heavy atom. The number of carbonyl (C=O) groups excluding carboxylic acids is 2. The van der Waals surface area contributed by atoms with Crippen LogP contribution >= 0.6 is 68.0 Å². The van der Waals surface area contributed by atoms with E-state index in [0.29, 0.717) is 22.5 Å². The Balaban J connectivity index is 1.23. The number of amides is 2. The summed E-state index contributed by atoms with van der Waals surface area (Å²) in [6.07, 6.45) is 0. The Labute approximate surface area is 302 Å². The molecule has 0 fully saturated rings. The maximum atomic E-state index is 14.4. The molecule has 0 spiro atoms. The van der Waals surface area contributed by atoms with E-state index >= 15 is 0 Å². The summed E-state index contributed by atoms with van der Waals surface area (Å²) < 4.78 is 0. The molecule has 234 valence electrons. The third-order valence-electron chi connectivity index (χ3n) is 7.91. The van der Waals surface area contributed by atoms with Crippen molar-refractivity contribution in [1.82, 2.24) is 9.80 Å². The van der Waals surface area contributed by atoms with Gasteiger partial charge in [0.2, 0.25) is 0 Å². The van der Waals surface area contributed by atoms with Crippen molar-refractivity contribution in [2.24, 2.45) is 0 Å². The molecule has 8 rings (SSSR count). The highest BCUT2D eigenvalue weighted by Crippen LogP contribution is 2.50. The van der Waals surface area contributed by atoms with E-state index < -0.39 is 0 Å². The van der Waals surface area contributed by atoms with Crippen LogP contribution in [0.5, 0.6) is 0 Å². The first kappa shape index (κ1) is 31.0. The van der Waals surface area contributed by atoms with Crippen LogP contribution in [0.4, 0.5) is 0 Å². The van der Waals surface area contributed by atoms with Crippen molar-refractivity contribution in [3.8, 4) is 62.7 Å². The second kappa shape index (κ2) is 13.0. The van der Waals surface area contributed by atoms with E-state index in [9.17, 15) is 9.59 Å². The smallest absolute Gasteiger partial charge is 0.262 e. The Morgan fingerprint density at radius 2 is 0.812 bits per heavy atom. The van der Waals surface area contributed by atoms with E-state index in [2.05, 4.69) is 95.1 Å². The molecule has 0 saturated carbocycles. The van der Waals surface area contributed by atoms with Gasteiger partial charge in [0, 0.05) is 39.0 Å². The van der Waals surface area contributed by atoms with Crippen LogP contribution in [0.15, 0.2) is 94.7 Å². The number of nitrogens with zero attached hydrogens (tertiary/aromatic N) is 2. The lowest BCUT2D eigenvalue weighted by atomic mass is 10.1. The molecule has 6 aromatic rings. The molecule has 0 bridgehead atoms. The number of hydrogen-bond donors (Lipinski definition) is 0. The topological polar surface area (TPSA) is 40.6 Å². The lowest BCUT2D eigenvalue weighted by molar-refractivity contribution is -0.123. The van der Waals surface area contributed by atoms with Gasteiger partial charge in [-0.1, -0.05) is 24.0 Å². The van der Waals surface area contributed by atoms with Gasteiger partial charge in [-0.2, -0.15) is 0 Å². The highest BCUT2D eigenvalue weighted by Gasteiger charge is 2.49. The van der Waals surface area contributed by atoms with Crippen LogP contribution < -0.4 is 0 Å². The largest absolute Gasteiger partial charge is 0.294 e. The standard InChI is InChI=1S/C38H24N2O2S6/c1-3-5-19-39-35(31-17-15-29(47-31)27-13-11-25(45-27)23-9-7-21-43-23)33-34(37(39)41)36(40(38(33)42)20-6-4-2)32-18-16-30(48-32)28-14-12-26(46-28)24-10-8-22-44-24/h7-18,21-22H,19-20H2,1-2H3. The molecule has 0 saturated heterocycles. The molecule has 2 aliphatic heterocycles. The predicted molar refractivity (Wildman–Crippen MR) is 206 cm³/mol. The molecule has 0 unspecified atom stereocenters. The first-order valence-corrected chi connectivity index (χ1v) is 20.0. The number of rotatable bonds is 8. The van der Waals surface area contributed by atoms with Crippen LogP contribution in [0.2, 0.25) is 0 Å². The van der Waals surface area contributed by atoms with E-state index in [0.717, 1.165) is 29.3 Å². The van der Waals surface area contributed by atoms with Crippen molar-refractivity contribution in [3.63, 3.8) is 0 Å². The van der Waals surface area contributed by atoms with Gasteiger partial charge in [-0.3, -0.25) is 19.4 Å². The Bertz CT molecular complexity index is 2220. The molecule has 0 aromatic carbocycles. The Morgan fingerprint density at radius 3 is 1.15 bits per heavy atom. The van der Waals surface area contributed by atoms with Gasteiger partial charge in [-0.05, 0) is 85.3 Å². The Hall–Kier alpha value is -4.26. The highest BCUT2D eigenvalue weighted by atomic mass is 32.1. The molecule has 2 amide bonds. The molecule has 0 N–H and O–H groups in total. The van der Waals surface area contributed by atoms with Crippen molar-refractivity contribution in [1.29, 1.82) is 0 Å². The summed E-state index contributed by atoms with van der Waals surface area (Å²) in [4.78, 5) is 43.4. The van der Waals surface area contributed by atoms with Gasteiger partial charge >= 0.3 is 0 Å². The zero-order valence-electron chi connectivity index (χ0n) is 25.7. The quantitative estimate of drug-likeness (QED) is 0.146. The van der Waals surface area contributed by atoms with Gasteiger partial charge < -0.3 is 0 Å². The minimum atomic E-state index is -0.199. The summed E-state index contributed by atoms with van der Waals surface area (Å²) in [5, 5.41) is 4.18. The zero-order chi connectivity index (χ0) is 32.8. The first-order valence-electron chi connectivity index (χ1n) is 15.0. The summed E-state index contributed by atoms with van der Waals surface area (Å²) in [7, 11) is 0. The number of carbonyl (C=O) groups is 2. The summed E-state index contributed by atoms with van der Waals surface area (Å²) in [6.45, 7) is 3.94. The summed E-state index contributed by atoms with van der Waals surface area (Å²) in [5.74, 6) is 11.6. The van der Waals surface area contributed by atoms with Crippen molar-refractivity contribution < 1.29 is 9.59 Å². The van der Waals surface area contributed by atoms with Gasteiger partial charge in [0.05, 0.1) is 45.4 Å². The van der Waals surface area contributed by atoms with Gasteiger partial charge in [0.25, 0.3) is 11.8 Å². The minimum Gasteiger partial charge on any atom is -0.294 e. The van der Waals surface area contributed by atoms with Gasteiger partial charge in [0.15, 0.2) is 0 Å². The number of thiophene rings is 6. The normalized spacial score (nSPS) is 14.1. The van der Waals surface area contributed by atoms with Gasteiger partial charge in [-0.25, -0.2) is 0 Å². The van der Waals surface area contributed by atoms with E-state index in [1.54, 1.807) is 91.7 Å². The van der Waals surface area contributed by atoms with Crippen LogP contribution in [0.25, 0.3) is 50.4 Å². The molecule has 6 aromatic heterocycles. The summed E-state index contributed by atoms with van der Waals surface area (Å²) in [6, 6.07) is 25.2. The van der Waals surface area contributed by atoms with Crippen LogP contribution in [-0.4, -0.2) is 34.7 Å². The minimum absolute atomic E-state index is 0.199. The second-order valence-corrected chi connectivity index (χ2v) is 16.9. The number of hydrogen-bond acceptors (Lipinski definition) is 8. The van der Waals surface area contributed by atoms with Gasteiger partial charge in [0.1, 0.15) is 0 Å². The molecule has 0 aliphatic carbocycles. The van der Waals surface area contributed by atoms with Crippen LogP contribution in [0, 0.1) is 23.7 Å². The second-order valence-electron chi connectivity index (χ2n) is 10.7. The summed E-state index contributed by atoms with van der Waals surface area (Å²) >= 11 is 10.2. The molecule has 48 heavy (non-hydrogen) atoms. The fraction of sp³-hybridized carbons (Fsp3) is 0.105. The SMILES string of the molecule is CC#CCN1C(=O)C2=C(c3ccc(-c4ccc(-c5cccs5)s4)s3)N(CC#CC)C(=O)C2=C1c1ccc(-c2ccc(-c3cccs3)s2)s1. The lowest BCUT2D eigenvalue weighted by Crippen LogP contribution is -2.30. The van der Waals surface area contributed by atoms with E-state index in [1.807, 2.05) is 12.1 Å². The van der Waals surface area contributed by atoms with Crippen molar-refractivity contribution in [2.45, 2.75) is 13.8 Å². The fourth-order valence-electron chi connectivity index (χ4n) is 5.76. The molecular formula is C38H24N2O2S6. The average molecular weight is 733 g/mol. The van der Waals surface area contributed by atoms with E-state index in [1.165, 1.54) is 19.5 Å². The van der Waals surface area contributed by atoms with Gasteiger partial charge in [-0.15, -0.1) is 79.9 Å². The number of fused-ring (bicyclic) bond motifs is 1.